The van der Waals surface area contributed by atoms with Gasteiger partial charge in [0.05, 0.1) is 6.54 Å². The molecule has 0 aliphatic carbocycles. The van der Waals surface area contributed by atoms with Crippen LogP contribution in [0.25, 0.3) is 0 Å². The van der Waals surface area contributed by atoms with Gasteiger partial charge in [-0.05, 0) is 43.7 Å². The first-order chi connectivity index (χ1) is 9.56. The van der Waals surface area contributed by atoms with E-state index in [2.05, 4.69) is 10.6 Å². The van der Waals surface area contributed by atoms with Gasteiger partial charge in [-0.15, -0.1) is 0 Å². The van der Waals surface area contributed by atoms with Crippen molar-refractivity contribution in [2.24, 2.45) is 0 Å². The smallest absolute Gasteiger partial charge is 0.249 e. The average molecular weight is 275 g/mol. The Bertz CT molecular complexity index is 528. The van der Waals surface area contributed by atoms with Gasteiger partial charge in [0.25, 0.3) is 0 Å². The van der Waals surface area contributed by atoms with E-state index in [0.29, 0.717) is 6.42 Å². The number of piperazine rings is 1. The Morgan fingerprint density at radius 2 is 2.15 bits per heavy atom. The molecule has 1 atom stereocenters. The van der Waals surface area contributed by atoms with Gasteiger partial charge in [0.1, 0.15) is 6.04 Å². The lowest BCUT2D eigenvalue weighted by molar-refractivity contribution is -0.132. The molecule has 2 N–H and O–H groups in total. The fourth-order valence-corrected chi connectivity index (χ4v) is 2.59. The number of carbonyl (C=O) groups is 2. The van der Waals surface area contributed by atoms with Crippen LogP contribution in [0, 0.1) is 6.92 Å². The number of imide groups is 1. The van der Waals surface area contributed by atoms with Crippen molar-refractivity contribution in [1.82, 2.24) is 10.6 Å². The molecule has 1 aromatic carbocycles. The Labute approximate surface area is 119 Å². The Morgan fingerprint density at radius 3 is 2.75 bits per heavy atom. The molecule has 1 saturated heterocycles. The van der Waals surface area contributed by atoms with E-state index < -0.39 is 0 Å². The van der Waals surface area contributed by atoms with E-state index in [1.54, 1.807) is 0 Å². The number of aryl methyl sites for hydroxylation is 1. The molecule has 1 aromatic rings. The quantitative estimate of drug-likeness (QED) is 0.803. The summed E-state index contributed by atoms with van der Waals surface area (Å²) in [5.74, 6) is -0.447. The van der Waals surface area contributed by atoms with E-state index in [1.807, 2.05) is 44.0 Å². The van der Waals surface area contributed by atoms with Crippen LogP contribution in [0.15, 0.2) is 18.2 Å². The predicted octanol–water partition coefficient (Wildman–Crippen LogP) is 0.956. The van der Waals surface area contributed by atoms with E-state index in [1.165, 1.54) is 5.56 Å². The van der Waals surface area contributed by atoms with Crippen molar-refractivity contribution in [3.8, 4) is 0 Å². The number of nitrogens with one attached hydrogen (secondary N) is 2. The van der Waals surface area contributed by atoms with E-state index in [4.69, 9.17) is 0 Å². The lowest BCUT2D eigenvalue weighted by Crippen LogP contribution is -2.58. The minimum Gasteiger partial charge on any atom is -0.350 e. The summed E-state index contributed by atoms with van der Waals surface area (Å²) in [7, 11) is 1.91. The molecule has 0 radical (unpaired) electrons. The summed E-state index contributed by atoms with van der Waals surface area (Å²) in [6.07, 6.45) is 0.677. The maximum Gasteiger partial charge on any atom is 0.249 e. The van der Waals surface area contributed by atoms with Gasteiger partial charge in [-0.25, -0.2) is 0 Å². The molecule has 0 aromatic heterocycles. The van der Waals surface area contributed by atoms with Crippen LogP contribution in [-0.2, 0) is 16.1 Å². The van der Waals surface area contributed by atoms with E-state index >= 15 is 0 Å². The zero-order chi connectivity index (χ0) is 14.7. The van der Waals surface area contributed by atoms with Crippen LogP contribution >= 0.6 is 0 Å². The maximum absolute atomic E-state index is 11.9. The molecule has 0 bridgehead atoms. The van der Waals surface area contributed by atoms with Crippen molar-refractivity contribution in [3.63, 3.8) is 0 Å². The summed E-state index contributed by atoms with van der Waals surface area (Å²) in [4.78, 5) is 25.4. The first-order valence-corrected chi connectivity index (χ1v) is 6.91. The first-order valence-electron chi connectivity index (χ1n) is 6.91. The molecule has 5 heteroatoms. The van der Waals surface area contributed by atoms with Gasteiger partial charge in [-0.1, -0.05) is 13.0 Å². The molecule has 5 nitrogen and oxygen atoms in total. The standard InChI is InChI=1S/C15H21N3O2/c1-4-13-15(20)17-14(19)9-18(13)12-6-5-11(8-16-3)10(2)7-12/h5-7,13,16H,4,8-9H2,1-3H3,(H,17,19,20). The molecule has 0 spiro atoms. The van der Waals surface area contributed by atoms with Gasteiger partial charge < -0.3 is 10.2 Å². The molecule has 108 valence electrons. The van der Waals surface area contributed by atoms with Crippen molar-refractivity contribution in [3.05, 3.63) is 29.3 Å². The highest BCUT2D eigenvalue weighted by Gasteiger charge is 2.32. The van der Waals surface area contributed by atoms with Gasteiger partial charge in [0, 0.05) is 12.2 Å². The van der Waals surface area contributed by atoms with Crippen molar-refractivity contribution >= 4 is 17.5 Å². The third-order valence-corrected chi connectivity index (χ3v) is 3.67. The number of hydrogen-bond donors (Lipinski definition) is 2. The topological polar surface area (TPSA) is 61.4 Å². The van der Waals surface area contributed by atoms with E-state index in [9.17, 15) is 9.59 Å². The lowest BCUT2D eigenvalue weighted by Gasteiger charge is -2.35. The van der Waals surface area contributed by atoms with Gasteiger partial charge in [-0.3, -0.25) is 14.9 Å². The highest BCUT2D eigenvalue weighted by atomic mass is 16.2. The fraction of sp³-hybridized carbons (Fsp3) is 0.467. The molecule has 0 saturated carbocycles. The van der Waals surface area contributed by atoms with E-state index in [0.717, 1.165) is 17.8 Å². The number of benzene rings is 1. The van der Waals surface area contributed by atoms with Crippen LogP contribution in [0.5, 0.6) is 0 Å². The molecule has 1 heterocycles. The van der Waals surface area contributed by atoms with Crippen LogP contribution in [0.3, 0.4) is 0 Å². The lowest BCUT2D eigenvalue weighted by atomic mass is 10.0. The molecule has 1 unspecified atom stereocenters. The predicted molar refractivity (Wildman–Crippen MR) is 78.5 cm³/mol. The SMILES string of the molecule is CCC1C(=O)NC(=O)CN1c1ccc(CNC)c(C)c1. The van der Waals surface area contributed by atoms with Crippen molar-refractivity contribution in [1.29, 1.82) is 0 Å². The second-order valence-electron chi connectivity index (χ2n) is 5.11. The minimum absolute atomic E-state index is 0.208. The van der Waals surface area contributed by atoms with Crippen LogP contribution in [0.1, 0.15) is 24.5 Å². The molecule has 2 amide bonds. The summed E-state index contributed by atoms with van der Waals surface area (Å²) in [6.45, 7) is 5.04. The normalized spacial score (nSPS) is 19.1. The van der Waals surface area contributed by atoms with Crippen molar-refractivity contribution < 1.29 is 9.59 Å². The van der Waals surface area contributed by atoms with Crippen molar-refractivity contribution in [2.75, 3.05) is 18.5 Å². The highest BCUT2D eigenvalue weighted by molar-refractivity contribution is 6.04. The maximum atomic E-state index is 11.9. The van der Waals surface area contributed by atoms with Crippen molar-refractivity contribution in [2.45, 2.75) is 32.9 Å². The molecule has 20 heavy (non-hydrogen) atoms. The van der Waals surface area contributed by atoms with Gasteiger partial charge >= 0.3 is 0 Å². The van der Waals surface area contributed by atoms with Gasteiger partial charge in [0.2, 0.25) is 11.8 Å². The summed E-state index contributed by atoms with van der Waals surface area (Å²) in [5.41, 5.74) is 3.31. The Balaban J connectivity index is 2.31. The monoisotopic (exact) mass is 275 g/mol. The molecule has 1 aliphatic rings. The largest absolute Gasteiger partial charge is 0.350 e. The van der Waals surface area contributed by atoms with Crippen LogP contribution in [0.2, 0.25) is 0 Å². The Morgan fingerprint density at radius 1 is 1.40 bits per heavy atom. The van der Waals surface area contributed by atoms with Crippen LogP contribution in [0.4, 0.5) is 5.69 Å². The second kappa shape index (κ2) is 6.05. The third kappa shape index (κ3) is 2.82. The fourth-order valence-electron chi connectivity index (χ4n) is 2.59. The van der Waals surface area contributed by atoms with Crippen LogP contribution < -0.4 is 15.5 Å². The zero-order valence-corrected chi connectivity index (χ0v) is 12.2. The first kappa shape index (κ1) is 14.5. The Hall–Kier alpha value is -1.88. The molecule has 1 fully saturated rings. The minimum atomic E-state index is -0.276. The average Bonchev–Trinajstić information content (AvgIpc) is 2.40. The third-order valence-electron chi connectivity index (χ3n) is 3.67. The highest BCUT2D eigenvalue weighted by Crippen LogP contribution is 2.23. The molecular weight excluding hydrogens is 254 g/mol. The molecular formula is C15H21N3O2. The number of amides is 2. The number of anilines is 1. The Kier molecular flexibility index (Phi) is 4.39. The number of hydrogen-bond acceptors (Lipinski definition) is 4. The van der Waals surface area contributed by atoms with E-state index in [-0.39, 0.29) is 24.4 Å². The second-order valence-corrected chi connectivity index (χ2v) is 5.11. The van der Waals surface area contributed by atoms with Gasteiger partial charge in [0.15, 0.2) is 0 Å². The summed E-state index contributed by atoms with van der Waals surface area (Å²) in [5, 5.41) is 5.52. The van der Waals surface area contributed by atoms with Gasteiger partial charge in [-0.2, -0.15) is 0 Å². The van der Waals surface area contributed by atoms with Crippen LogP contribution in [-0.4, -0.2) is 31.4 Å². The molecule has 2 rings (SSSR count). The number of nitrogens with zero attached hydrogens (tertiary/aromatic N) is 1. The number of rotatable bonds is 4. The number of carbonyl (C=O) groups excluding carboxylic acids is 2. The summed E-state index contributed by atoms with van der Waals surface area (Å²) < 4.78 is 0. The summed E-state index contributed by atoms with van der Waals surface area (Å²) >= 11 is 0. The summed E-state index contributed by atoms with van der Waals surface area (Å²) in [6, 6.07) is 5.79. The zero-order valence-electron chi connectivity index (χ0n) is 12.2. The molecule has 1 aliphatic heterocycles.